The van der Waals surface area contributed by atoms with Crippen LogP contribution in [-0.4, -0.2) is 72.8 Å². The highest BCUT2D eigenvalue weighted by Gasteiger charge is 2.35. The zero-order chi connectivity index (χ0) is 21.8. The Balaban J connectivity index is 1.25. The second kappa shape index (κ2) is 9.43. The quantitative estimate of drug-likeness (QED) is 0.762. The van der Waals surface area contributed by atoms with Gasteiger partial charge in [0.25, 0.3) is 5.91 Å². The largest absolute Gasteiger partial charge is 0.459 e. The van der Waals surface area contributed by atoms with Gasteiger partial charge < -0.3 is 24.4 Å². The lowest BCUT2D eigenvalue weighted by molar-refractivity contribution is -0.134. The number of anilines is 1. The molecule has 2 aliphatic heterocycles. The van der Waals surface area contributed by atoms with Gasteiger partial charge in [-0.1, -0.05) is 11.6 Å². The summed E-state index contributed by atoms with van der Waals surface area (Å²) in [6.07, 6.45) is 2.75. The molecule has 0 bridgehead atoms. The Morgan fingerprint density at radius 3 is 2.45 bits per heavy atom. The molecule has 3 amide bonds. The van der Waals surface area contributed by atoms with Crippen LogP contribution in [0.5, 0.6) is 0 Å². The molecule has 0 aliphatic carbocycles. The number of hydrogen-bond donors (Lipinski definition) is 1. The van der Waals surface area contributed by atoms with Crippen LogP contribution in [-0.2, 0) is 9.59 Å². The maximum atomic E-state index is 12.7. The molecule has 0 spiro atoms. The van der Waals surface area contributed by atoms with E-state index in [-0.39, 0.29) is 30.0 Å². The average molecular weight is 445 g/mol. The predicted molar refractivity (Wildman–Crippen MR) is 116 cm³/mol. The Hall–Kier alpha value is -3.00. The second-order valence-corrected chi connectivity index (χ2v) is 8.13. The van der Waals surface area contributed by atoms with E-state index in [1.807, 2.05) is 24.3 Å². The third-order valence-corrected chi connectivity index (χ3v) is 6.04. The van der Waals surface area contributed by atoms with E-state index in [0.29, 0.717) is 31.1 Å². The molecule has 164 valence electrons. The summed E-state index contributed by atoms with van der Waals surface area (Å²) in [6.45, 7) is 3.04. The molecule has 1 unspecified atom stereocenters. The van der Waals surface area contributed by atoms with E-state index in [2.05, 4.69) is 10.2 Å². The van der Waals surface area contributed by atoms with Crippen molar-refractivity contribution in [1.82, 2.24) is 15.1 Å². The molecule has 2 saturated heterocycles. The van der Waals surface area contributed by atoms with Crippen molar-refractivity contribution in [2.75, 3.05) is 44.2 Å². The van der Waals surface area contributed by atoms with Crippen molar-refractivity contribution >= 4 is 35.0 Å². The van der Waals surface area contributed by atoms with Gasteiger partial charge in [0.15, 0.2) is 5.76 Å². The number of nitrogens with zero attached hydrogens (tertiary/aromatic N) is 3. The van der Waals surface area contributed by atoms with Gasteiger partial charge in [-0.25, -0.2) is 0 Å². The first-order valence-electron chi connectivity index (χ1n) is 10.4. The summed E-state index contributed by atoms with van der Waals surface area (Å²) in [5.74, 6) is -0.502. The first-order valence-corrected chi connectivity index (χ1v) is 10.8. The van der Waals surface area contributed by atoms with Gasteiger partial charge in [-0.05, 0) is 49.2 Å². The molecular formula is C22H25ClN4O4. The molecule has 9 heteroatoms. The van der Waals surface area contributed by atoms with Crippen LogP contribution in [0, 0.1) is 0 Å². The highest BCUT2D eigenvalue weighted by Crippen LogP contribution is 2.21. The Labute approximate surface area is 185 Å². The van der Waals surface area contributed by atoms with E-state index in [4.69, 9.17) is 16.0 Å². The number of nitrogens with one attached hydrogen (secondary N) is 1. The van der Waals surface area contributed by atoms with Crippen molar-refractivity contribution in [1.29, 1.82) is 0 Å². The average Bonchev–Trinajstić information content (AvgIpc) is 3.50. The minimum atomic E-state index is -0.577. The van der Waals surface area contributed by atoms with Gasteiger partial charge in [-0.2, -0.15) is 0 Å². The third kappa shape index (κ3) is 4.85. The Morgan fingerprint density at radius 2 is 1.77 bits per heavy atom. The van der Waals surface area contributed by atoms with Crippen molar-refractivity contribution in [3.63, 3.8) is 0 Å². The van der Waals surface area contributed by atoms with Gasteiger partial charge >= 0.3 is 0 Å². The minimum Gasteiger partial charge on any atom is -0.459 e. The fraction of sp³-hybridized carbons (Fsp3) is 0.409. The number of likely N-dealkylation sites (tertiary alicyclic amines) is 1. The number of hydrogen-bond acceptors (Lipinski definition) is 5. The lowest BCUT2D eigenvalue weighted by Crippen LogP contribution is -2.53. The van der Waals surface area contributed by atoms with E-state index in [9.17, 15) is 14.4 Å². The van der Waals surface area contributed by atoms with Crippen LogP contribution in [0.4, 0.5) is 5.69 Å². The van der Waals surface area contributed by atoms with Crippen molar-refractivity contribution in [2.45, 2.75) is 18.9 Å². The molecule has 1 aromatic heterocycles. The van der Waals surface area contributed by atoms with Crippen LogP contribution in [0.1, 0.15) is 23.4 Å². The molecule has 4 rings (SSSR count). The summed E-state index contributed by atoms with van der Waals surface area (Å²) in [6, 6.07) is 10.3. The number of piperazine rings is 1. The summed E-state index contributed by atoms with van der Waals surface area (Å²) >= 11 is 5.94. The van der Waals surface area contributed by atoms with Gasteiger partial charge in [0.1, 0.15) is 6.04 Å². The SMILES string of the molecule is O=C(NCC(=O)N1CCN(c2ccc(Cl)cc2)CC1)C1CCCN1C(=O)c1ccco1. The van der Waals surface area contributed by atoms with E-state index in [1.54, 1.807) is 17.0 Å². The minimum absolute atomic E-state index is 0.0704. The zero-order valence-electron chi connectivity index (χ0n) is 17.1. The first kappa shape index (κ1) is 21.2. The highest BCUT2D eigenvalue weighted by atomic mass is 35.5. The molecule has 3 heterocycles. The number of benzene rings is 1. The summed E-state index contributed by atoms with van der Waals surface area (Å²) in [5, 5.41) is 3.41. The monoisotopic (exact) mass is 444 g/mol. The molecule has 31 heavy (non-hydrogen) atoms. The summed E-state index contributed by atoms with van der Waals surface area (Å²) in [5.41, 5.74) is 1.08. The van der Waals surface area contributed by atoms with Gasteiger partial charge in [0, 0.05) is 43.4 Å². The Bertz CT molecular complexity index is 923. The van der Waals surface area contributed by atoms with E-state index in [0.717, 1.165) is 25.2 Å². The molecule has 0 radical (unpaired) electrons. The van der Waals surface area contributed by atoms with Crippen LogP contribution in [0.25, 0.3) is 0 Å². The number of halogens is 1. The van der Waals surface area contributed by atoms with Crippen LogP contribution < -0.4 is 10.2 Å². The second-order valence-electron chi connectivity index (χ2n) is 7.70. The van der Waals surface area contributed by atoms with E-state index < -0.39 is 6.04 Å². The smallest absolute Gasteiger partial charge is 0.290 e. The molecule has 2 aromatic rings. The molecule has 1 N–H and O–H groups in total. The first-order chi connectivity index (χ1) is 15.0. The summed E-state index contributed by atoms with van der Waals surface area (Å²) in [7, 11) is 0. The Morgan fingerprint density at radius 1 is 1.03 bits per heavy atom. The number of furan rings is 1. The third-order valence-electron chi connectivity index (χ3n) is 5.79. The van der Waals surface area contributed by atoms with Gasteiger partial charge in [-0.15, -0.1) is 0 Å². The summed E-state index contributed by atoms with van der Waals surface area (Å²) in [4.78, 5) is 43.3. The normalized spacial score (nSPS) is 18.9. The molecule has 8 nitrogen and oxygen atoms in total. The fourth-order valence-corrected chi connectivity index (χ4v) is 4.21. The van der Waals surface area contributed by atoms with Crippen molar-refractivity contribution in [3.8, 4) is 0 Å². The highest BCUT2D eigenvalue weighted by molar-refractivity contribution is 6.30. The van der Waals surface area contributed by atoms with E-state index >= 15 is 0 Å². The van der Waals surface area contributed by atoms with Crippen molar-refractivity contribution in [2.24, 2.45) is 0 Å². The van der Waals surface area contributed by atoms with E-state index in [1.165, 1.54) is 11.2 Å². The van der Waals surface area contributed by atoms with Crippen molar-refractivity contribution < 1.29 is 18.8 Å². The molecule has 1 atom stereocenters. The lowest BCUT2D eigenvalue weighted by atomic mass is 10.2. The topological polar surface area (TPSA) is 86.1 Å². The molecule has 2 aliphatic rings. The van der Waals surface area contributed by atoms with Crippen LogP contribution in [0.2, 0.25) is 5.02 Å². The van der Waals surface area contributed by atoms with Crippen LogP contribution in [0.3, 0.4) is 0 Å². The summed E-state index contributed by atoms with van der Waals surface area (Å²) < 4.78 is 5.17. The number of rotatable bonds is 5. The van der Waals surface area contributed by atoms with Gasteiger partial charge in [0.2, 0.25) is 11.8 Å². The molecule has 2 fully saturated rings. The van der Waals surface area contributed by atoms with Crippen LogP contribution in [0.15, 0.2) is 47.1 Å². The Kier molecular flexibility index (Phi) is 6.46. The number of carbonyl (C=O) groups is 3. The van der Waals surface area contributed by atoms with Crippen molar-refractivity contribution in [3.05, 3.63) is 53.4 Å². The molecular weight excluding hydrogens is 420 g/mol. The predicted octanol–water partition coefficient (Wildman–Crippen LogP) is 2.00. The number of amides is 3. The molecule has 1 aromatic carbocycles. The van der Waals surface area contributed by atoms with Gasteiger partial charge in [-0.3, -0.25) is 14.4 Å². The van der Waals surface area contributed by atoms with Crippen LogP contribution >= 0.6 is 11.6 Å². The molecule has 0 saturated carbocycles. The number of carbonyl (C=O) groups excluding carboxylic acids is 3. The fourth-order valence-electron chi connectivity index (χ4n) is 4.08. The standard InChI is InChI=1S/C22H25ClN4O4/c23-16-5-7-17(8-6-16)25-10-12-26(13-11-25)20(28)15-24-21(29)18-3-1-9-27(18)22(30)19-4-2-14-31-19/h2,4-8,14,18H,1,3,9-13,15H2,(H,24,29). The maximum absolute atomic E-state index is 12.7. The zero-order valence-corrected chi connectivity index (χ0v) is 17.9. The van der Waals surface area contributed by atoms with Gasteiger partial charge in [0.05, 0.1) is 12.8 Å². The maximum Gasteiger partial charge on any atom is 0.290 e. The lowest BCUT2D eigenvalue weighted by Gasteiger charge is -2.36.